The number of ether oxygens (including phenoxy) is 1. The highest BCUT2D eigenvalue weighted by Gasteiger charge is 2.28. The second kappa shape index (κ2) is 9.02. The summed E-state index contributed by atoms with van der Waals surface area (Å²) in [4.78, 5) is 9.31. The number of piperazine rings is 1. The fourth-order valence-electron chi connectivity index (χ4n) is 4.00. The van der Waals surface area contributed by atoms with Gasteiger partial charge in [0.1, 0.15) is 12.4 Å². The van der Waals surface area contributed by atoms with Crippen LogP contribution in [0.15, 0.2) is 42.7 Å². The SMILES string of the molecule is Clc1ccc(OCc2cccnc2)c(CN2CCC(N3CCNCC3)C2)c1. The minimum Gasteiger partial charge on any atom is -0.489 e. The topological polar surface area (TPSA) is 40.6 Å². The lowest BCUT2D eigenvalue weighted by atomic mass is 10.2. The van der Waals surface area contributed by atoms with Gasteiger partial charge in [-0.25, -0.2) is 0 Å². The summed E-state index contributed by atoms with van der Waals surface area (Å²) in [5, 5.41) is 4.20. The first-order valence-electron chi connectivity index (χ1n) is 9.75. The minimum atomic E-state index is 0.520. The fraction of sp³-hybridized carbons (Fsp3) is 0.476. The molecule has 1 aromatic heterocycles. The normalized spacial score (nSPS) is 21.4. The van der Waals surface area contributed by atoms with Crippen LogP contribution in [0.25, 0.3) is 0 Å². The molecule has 1 unspecified atom stereocenters. The number of pyridine rings is 1. The highest BCUT2D eigenvalue weighted by atomic mass is 35.5. The maximum absolute atomic E-state index is 6.27. The van der Waals surface area contributed by atoms with Crippen LogP contribution in [0.3, 0.4) is 0 Å². The van der Waals surface area contributed by atoms with E-state index in [-0.39, 0.29) is 0 Å². The first-order valence-corrected chi connectivity index (χ1v) is 10.1. The molecule has 0 saturated carbocycles. The highest BCUT2D eigenvalue weighted by molar-refractivity contribution is 6.30. The van der Waals surface area contributed by atoms with E-state index >= 15 is 0 Å². The van der Waals surface area contributed by atoms with E-state index in [0.717, 1.165) is 67.7 Å². The zero-order chi connectivity index (χ0) is 18.5. The highest BCUT2D eigenvalue weighted by Crippen LogP contribution is 2.27. The van der Waals surface area contributed by atoms with Crippen molar-refractivity contribution >= 4 is 11.6 Å². The average Bonchev–Trinajstić information content (AvgIpc) is 3.17. The van der Waals surface area contributed by atoms with Gasteiger partial charge in [-0.3, -0.25) is 14.8 Å². The summed E-state index contributed by atoms with van der Waals surface area (Å²) < 4.78 is 6.09. The molecule has 0 amide bonds. The monoisotopic (exact) mass is 386 g/mol. The average molecular weight is 387 g/mol. The van der Waals surface area contributed by atoms with Crippen molar-refractivity contribution in [3.05, 3.63) is 58.9 Å². The van der Waals surface area contributed by atoms with Gasteiger partial charge in [0.2, 0.25) is 0 Å². The summed E-state index contributed by atoms with van der Waals surface area (Å²) in [6, 6.07) is 10.6. The van der Waals surface area contributed by atoms with Gasteiger partial charge < -0.3 is 10.1 Å². The van der Waals surface area contributed by atoms with Gasteiger partial charge in [-0.05, 0) is 30.7 Å². The summed E-state index contributed by atoms with van der Waals surface area (Å²) in [6.07, 6.45) is 4.86. The van der Waals surface area contributed by atoms with Gasteiger partial charge in [0.25, 0.3) is 0 Å². The Balaban J connectivity index is 1.38. The molecule has 0 spiro atoms. The maximum atomic E-state index is 6.27. The molecule has 0 bridgehead atoms. The summed E-state index contributed by atoms with van der Waals surface area (Å²) in [7, 11) is 0. The molecule has 3 heterocycles. The van der Waals surface area contributed by atoms with E-state index in [1.54, 1.807) is 6.20 Å². The van der Waals surface area contributed by atoms with Gasteiger partial charge in [-0.15, -0.1) is 0 Å². The largest absolute Gasteiger partial charge is 0.489 e. The number of halogens is 1. The Morgan fingerprint density at radius 1 is 1.19 bits per heavy atom. The molecule has 0 aliphatic carbocycles. The molecule has 2 aromatic rings. The Kier molecular flexibility index (Phi) is 6.24. The number of hydrogen-bond acceptors (Lipinski definition) is 5. The lowest BCUT2D eigenvalue weighted by Crippen LogP contribution is -2.49. The number of aromatic nitrogens is 1. The van der Waals surface area contributed by atoms with Crippen LogP contribution in [0.4, 0.5) is 0 Å². The zero-order valence-corrected chi connectivity index (χ0v) is 16.4. The molecule has 1 N–H and O–H groups in total. The molecule has 5 nitrogen and oxygen atoms in total. The number of hydrogen-bond donors (Lipinski definition) is 1. The van der Waals surface area contributed by atoms with Crippen molar-refractivity contribution < 1.29 is 4.74 Å². The summed E-state index contributed by atoms with van der Waals surface area (Å²) in [5.74, 6) is 0.911. The molecule has 27 heavy (non-hydrogen) atoms. The third-order valence-corrected chi connectivity index (χ3v) is 5.68. The molecule has 1 atom stereocenters. The van der Waals surface area contributed by atoms with Crippen LogP contribution >= 0.6 is 11.6 Å². The van der Waals surface area contributed by atoms with Gasteiger partial charge >= 0.3 is 0 Å². The van der Waals surface area contributed by atoms with Gasteiger partial charge in [-0.1, -0.05) is 17.7 Å². The molecule has 2 aliphatic rings. The lowest BCUT2D eigenvalue weighted by molar-refractivity contribution is 0.170. The third kappa shape index (κ3) is 4.99. The van der Waals surface area contributed by atoms with Crippen LogP contribution in [0.5, 0.6) is 5.75 Å². The van der Waals surface area contributed by atoms with E-state index in [0.29, 0.717) is 12.6 Å². The van der Waals surface area contributed by atoms with E-state index in [2.05, 4.69) is 20.1 Å². The Hall–Kier alpha value is -1.66. The van der Waals surface area contributed by atoms with Crippen LogP contribution in [-0.4, -0.2) is 60.1 Å². The molecule has 6 heteroatoms. The molecule has 2 saturated heterocycles. The van der Waals surface area contributed by atoms with Gasteiger partial charge in [0.15, 0.2) is 0 Å². The smallest absolute Gasteiger partial charge is 0.124 e. The summed E-state index contributed by atoms with van der Waals surface area (Å²) >= 11 is 6.27. The predicted octanol–water partition coefficient (Wildman–Crippen LogP) is 2.79. The van der Waals surface area contributed by atoms with Crippen molar-refractivity contribution in [1.29, 1.82) is 0 Å². The van der Waals surface area contributed by atoms with E-state index in [4.69, 9.17) is 16.3 Å². The summed E-state index contributed by atoms with van der Waals surface area (Å²) in [5.41, 5.74) is 2.23. The molecule has 2 fully saturated rings. The first-order chi connectivity index (χ1) is 13.3. The van der Waals surface area contributed by atoms with Crippen molar-refractivity contribution in [2.45, 2.75) is 25.6 Å². The molecule has 1 aromatic carbocycles. The quantitative estimate of drug-likeness (QED) is 0.826. The Morgan fingerprint density at radius 3 is 2.89 bits per heavy atom. The van der Waals surface area contributed by atoms with E-state index < -0.39 is 0 Å². The van der Waals surface area contributed by atoms with E-state index in [1.165, 1.54) is 6.42 Å². The van der Waals surface area contributed by atoms with Crippen molar-refractivity contribution in [3.8, 4) is 5.75 Å². The van der Waals surface area contributed by atoms with Crippen LogP contribution in [0, 0.1) is 0 Å². The first kappa shape index (κ1) is 18.7. The molecular formula is C21H27ClN4O. The van der Waals surface area contributed by atoms with Crippen LogP contribution < -0.4 is 10.1 Å². The van der Waals surface area contributed by atoms with Crippen LogP contribution in [0.1, 0.15) is 17.5 Å². The van der Waals surface area contributed by atoms with Crippen LogP contribution in [0.2, 0.25) is 5.02 Å². The second-order valence-electron chi connectivity index (χ2n) is 7.37. The second-order valence-corrected chi connectivity index (χ2v) is 7.80. The Bertz CT molecular complexity index is 736. The Labute approximate surface area is 166 Å². The van der Waals surface area contributed by atoms with Crippen molar-refractivity contribution in [3.63, 3.8) is 0 Å². The maximum Gasteiger partial charge on any atom is 0.124 e. The Morgan fingerprint density at radius 2 is 2.07 bits per heavy atom. The van der Waals surface area contributed by atoms with Gasteiger partial charge in [0.05, 0.1) is 0 Å². The molecular weight excluding hydrogens is 360 g/mol. The van der Waals surface area contributed by atoms with Crippen LogP contribution in [-0.2, 0) is 13.2 Å². The van der Waals surface area contributed by atoms with Gasteiger partial charge in [0, 0.05) is 80.4 Å². The van der Waals surface area contributed by atoms with Crippen molar-refractivity contribution in [2.75, 3.05) is 39.3 Å². The van der Waals surface area contributed by atoms with Gasteiger partial charge in [-0.2, -0.15) is 0 Å². The minimum absolute atomic E-state index is 0.520. The standard InChI is InChI=1S/C21H27ClN4O/c22-19-3-4-21(27-16-17-2-1-6-24-13-17)18(12-19)14-25-9-5-20(15-25)26-10-7-23-8-11-26/h1-4,6,12-13,20,23H,5,7-11,14-16H2. The molecule has 2 aliphatic heterocycles. The number of likely N-dealkylation sites (tertiary alicyclic amines) is 1. The molecule has 144 valence electrons. The number of rotatable bonds is 6. The lowest BCUT2D eigenvalue weighted by Gasteiger charge is -2.32. The third-order valence-electron chi connectivity index (χ3n) is 5.45. The predicted molar refractivity (Wildman–Crippen MR) is 108 cm³/mol. The fourth-order valence-corrected chi connectivity index (χ4v) is 4.19. The molecule has 0 radical (unpaired) electrons. The number of nitrogens with one attached hydrogen (secondary N) is 1. The van der Waals surface area contributed by atoms with E-state index in [1.807, 2.05) is 36.5 Å². The molecule has 4 rings (SSSR count). The zero-order valence-electron chi connectivity index (χ0n) is 15.6. The number of nitrogens with zero attached hydrogens (tertiary/aromatic N) is 3. The van der Waals surface area contributed by atoms with Crippen molar-refractivity contribution in [2.24, 2.45) is 0 Å². The summed E-state index contributed by atoms with van der Waals surface area (Å²) in [6.45, 7) is 8.19. The van der Waals surface area contributed by atoms with E-state index in [9.17, 15) is 0 Å². The van der Waals surface area contributed by atoms with Crippen molar-refractivity contribution in [1.82, 2.24) is 20.1 Å². The number of benzene rings is 1.